The second kappa shape index (κ2) is 7.90. The van der Waals surface area contributed by atoms with Gasteiger partial charge in [0.1, 0.15) is 0 Å². The maximum Gasteiger partial charge on any atom is 0.327 e. The Kier molecular flexibility index (Phi) is 7.76. The third-order valence-electron chi connectivity index (χ3n) is 1.50. The molecule has 0 amide bonds. The molecule has 0 fully saturated rings. The van der Waals surface area contributed by atoms with Gasteiger partial charge in [-0.3, -0.25) is 4.52 Å². The van der Waals surface area contributed by atoms with E-state index in [9.17, 15) is 4.57 Å². The molecule has 0 aromatic rings. The lowest BCUT2D eigenvalue weighted by Gasteiger charge is -2.09. The van der Waals surface area contributed by atoms with Crippen LogP contribution < -0.4 is 0 Å². The maximum absolute atomic E-state index is 10.1. The lowest BCUT2D eigenvalue weighted by atomic mass is 10.1. The lowest BCUT2D eigenvalue weighted by Crippen LogP contribution is -2.05. The minimum atomic E-state index is -0.218. The molecule has 0 spiro atoms. The predicted molar refractivity (Wildman–Crippen MR) is 46.8 cm³/mol. The molecule has 0 bridgehead atoms. The van der Waals surface area contributed by atoms with Crippen LogP contribution in [0.25, 0.3) is 0 Å². The van der Waals surface area contributed by atoms with Crippen molar-refractivity contribution in [1.29, 1.82) is 0 Å². The van der Waals surface area contributed by atoms with Crippen LogP contribution in [0.2, 0.25) is 0 Å². The highest BCUT2D eigenvalue weighted by atomic mass is 31.1. The predicted octanol–water partition coefficient (Wildman–Crippen LogP) is 3.34. The van der Waals surface area contributed by atoms with Gasteiger partial charge in [-0.15, -0.1) is 6.58 Å². The number of rotatable bonds is 7. The summed E-state index contributed by atoms with van der Waals surface area (Å²) >= 11 is 0. The van der Waals surface area contributed by atoms with Gasteiger partial charge in [0.2, 0.25) is 0 Å². The Bertz CT molecular complexity index is 105. The second-order valence-electron chi connectivity index (χ2n) is 2.47. The Labute approximate surface area is 69.9 Å². The highest BCUT2D eigenvalue weighted by molar-refractivity contribution is 7.17. The number of hydrogen-bond donors (Lipinski definition) is 0. The molecule has 1 unspecified atom stereocenters. The highest BCUT2D eigenvalue weighted by Crippen LogP contribution is 2.14. The van der Waals surface area contributed by atoms with Crippen LogP contribution in [0.4, 0.5) is 0 Å². The highest BCUT2D eigenvalue weighted by Gasteiger charge is 2.05. The van der Waals surface area contributed by atoms with Crippen molar-refractivity contribution in [2.24, 2.45) is 0 Å². The zero-order chi connectivity index (χ0) is 8.53. The van der Waals surface area contributed by atoms with Crippen LogP contribution in [0, 0.1) is 0 Å². The molecular weight excluding hydrogens is 159 g/mol. The molecular formula is C8H15O2P. The molecule has 3 heteroatoms. The molecule has 11 heavy (non-hydrogen) atoms. The molecule has 0 aliphatic carbocycles. The molecule has 1 atom stereocenters. The first-order chi connectivity index (χ1) is 5.35. The van der Waals surface area contributed by atoms with E-state index in [2.05, 4.69) is 13.5 Å². The van der Waals surface area contributed by atoms with Gasteiger partial charge in [-0.25, -0.2) is 4.57 Å². The van der Waals surface area contributed by atoms with Crippen LogP contribution in [0.5, 0.6) is 0 Å². The van der Waals surface area contributed by atoms with Crippen molar-refractivity contribution < 1.29 is 9.09 Å². The molecule has 0 N–H and O–H groups in total. The molecule has 0 saturated heterocycles. The summed E-state index contributed by atoms with van der Waals surface area (Å²) in [4.78, 5) is 0. The second-order valence-corrected chi connectivity index (χ2v) is 2.83. The van der Waals surface area contributed by atoms with E-state index in [0.29, 0.717) is 0 Å². The van der Waals surface area contributed by atoms with Gasteiger partial charge in [-0.1, -0.05) is 25.8 Å². The van der Waals surface area contributed by atoms with Gasteiger partial charge in [0, 0.05) is 0 Å². The lowest BCUT2D eigenvalue weighted by molar-refractivity contribution is 0.212. The molecule has 0 saturated carbocycles. The van der Waals surface area contributed by atoms with Crippen LogP contribution in [0.15, 0.2) is 12.7 Å². The minimum Gasteiger partial charge on any atom is -0.291 e. The fourth-order valence-electron chi connectivity index (χ4n) is 0.892. The number of hydrogen-bond acceptors (Lipinski definition) is 2. The minimum absolute atomic E-state index is 0.0895. The largest absolute Gasteiger partial charge is 0.327 e. The van der Waals surface area contributed by atoms with Gasteiger partial charge in [0.15, 0.2) is 0 Å². The Morgan fingerprint density at radius 2 is 2.45 bits per heavy atom. The molecule has 0 heterocycles. The average Bonchev–Trinajstić information content (AvgIpc) is 2.01. The maximum atomic E-state index is 10.1. The zero-order valence-corrected chi connectivity index (χ0v) is 7.85. The topological polar surface area (TPSA) is 26.3 Å². The van der Waals surface area contributed by atoms with Crippen molar-refractivity contribution in [2.75, 3.05) is 0 Å². The van der Waals surface area contributed by atoms with Gasteiger partial charge in [0.25, 0.3) is 0 Å². The van der Waals surface area contributed by atoms with Gasteiger partial charge in [0.05, 0.1) is 6.10 Å². The Balaban J connectivity index is 3.49. The van der Waals surface area contributed by atoms with E-state index in [-0.39, 0.29) is 14.8 Å². The SMILES string of the molecule is C=CCC(CCCC)OP=O. The first-order valence-corrected chi connectivity index (χ1v) is 4.67. The zero-order valence-electron chi connectivity index (χ0n) is 6.95. The van der Waals surface area contributed by atoms with E-state index in [1.807, 2.05) is 0 Å². The molecule has 0 aromatic carbocycles. The summed E-state index contributed by atoms with van der Waals surface area (Å²) < 4.78 is 15.0. The molecule has 0 aliphatic rings. The standard InChI is InChI=1S/C8H15O2P/c1-3-5-7-8(6-4-2)10-11-9/h4,8H,2-3,5-7H2,1H3. The van der Waals surface area contributed by atoms with Gasteiger partial charge in [-0.2, -0.15) is 0 Å². The Morgan fingerprint density at radius 3 is 2.91 bits per heavy atom. The van der Waals surface area contributed by atoms with E-state index in [1.54, 1.807) is 6.08 Å². The third-order valence-corrected chi connectivity index (χ3v) is 1.89. The van der Waals surface area contributed by atoms with Gasteiger partial charge < -0.3 is 0 Å². The molecule has 64 valence electrons. The van der Waals surface area contributed by atoms with Crippen molar-refractivity contribution in [1.82, 2.24) is 0 Å². The van der Waals surface area contributed by atoms with E-state index in [4.69, 9.17) is 4.52 Å². The summed E-state index contributed by atoms with van der Waals surface area (Å²) in [5.41, 5.74) is 0. The van der Waals surface area contributed by atoms with Crippen molar-refractivity contribution in [2.45, 2.75) is 38.7 Å². The van der Waals surface area contributed by atoms with Gasteiger partial charge >= 0.3 is 8.69 Å². The van der Waals surface area contributed by atoms with E-state index in [1.165, 1.54) is 0 Å². The fourth-order valence-corrected chi connectivity index (χ4v) is 1.21. The summed E-state index contributed by atoms with van der Waals surface area (Å²) in [5.74, 6) is 0. The first-order valence-electron chi connectivity index (χ1n) is 3.94. The summed E-state index contributed by atoms with van der Waals surface area (Å²) in [6.45, 7) is 5.73. The summed E-state index contributed by atoms with van der Waals surface area (Å²) in [5, 5.41) is 0. The fraction of sp³-hybridized carbons (Fsp3) is 0.750. The van der Waals surface area contributed by atoms with Crippen molar-refractivity contribution in [3.63, 3.8) is 0 Å². The number of unbranched alkanes of at least 4 members (excludes halogenated alkanes) is 1. The molecule has 0 aromatic heterocycles. The van der Waals surface area contributed by atoms with Gasteiger partial charge in [-0.05, 0) is 12.8 Å². The monoisotopic (exact) mass is 174 g/mol. The van der Waals surface area contributed by atoms with E-state index in [0.717, 1.165) is 25.7 Å². The van der Waals surface area contributed by atoms with Crippen LogP contribution in [-0.4, -0.2) is 6.10 Å². The Morgan fingerprint density at radius 1 is 1.73 bits per heavy atom. The Hall–Kier alpha value is -0.200. The quantitative estimate of drug-likeness (QED) is 0.437. The molecule has 0 aliphatic heterocycles. The summed E-state index contributed by atoms with van der Waals surface area (Å²) in [6.07, 6.45) is 5.91. The van der Waals surface area contributed by atoms with Crippen LogP contribution in [0.1, 0.15) is 32.6 Å². The van der Waals surface area contributed by atoms with Crippen molar-refractivity contribution in [3.05, 3.63) is 12.7 Å². The normalized spacial score (nSPS) is 13.2. The van der Waals surface area contributed by atoms with E-state index >= 15 is 0 Å². The molecule has 0 radical (unpaired) electrons. The van der Waals surface area contributed by atoms with Crippen LogP contribution in [0.3, 0.4) is 0 Å². The molecule has 2 nitrogen and oxygen atoms in total. The third kappa shape index (κ3) is 6.21. The average molecular weight is 174 g/mol. The molecule has 0 rings (SSSR count). The summed E-state index contributed by atoms with van der Waals surface area (Å²) in [7, 11) is -0.218. The smallest absolute Gasteiger partial charge is 0.291 e. The van der Waals surface area contributed by atoms with E-state index < -0.39 is 0 Å². The van der Waals surface area contributed by atoms with Crippen LogP contribution in [-0.2, 0) is 9.09 Å². The summed E-state index contributed by atoms with van der Waals surface area (Å²) in [6, 6.07) is 0. The first kappa shape index (κ1) is 10.8. The van der Waals surface area contributed by atoms with Crippen LogP contribution >= 0.6 is 8.69 Å². The van der Waals surface area contributed by atoms with Crippen molar-refractivity contribution in [3.8, 4) is 0 Å². The van der Waals surface area contributed by atoms with Crippen molar-refractivity contribution >= 4 is 8.69 Å².